The van der Waals surface area contributed by atoms with E-state index < -0.39 is 10.0 Å². The lowest BCUT2D eigenvalue weighted by Crippen LogP contribution is -2.44. The maximum atomic E-state index is 13.1. The van der Waals surface area contributed by atoms with Gasteiger partial charge in [-0.25, -0.2) is 8.42 Å². The summed E-state index contributed by atoms with van der Waals surface area (Å²) in [5.41, 5.74) is 1.02. The lowest BCUT2D eigenvalue weighted by molar-refractivity contribution is -0.132. The van der Waals surface area contributed by atoms with Gasteiger partial charge in [0.1, 0.15) is 0 Å². The molecule has 1 heterocycles. The minimum absolute atomic E-state index is 0.127. The van der Waals surface area contributed by atoms with E-state index in [-0.39, 0.29) is 36.5 Å². The summed E-state index contributed by atoms with van der Waals surface area (Å²) in [7, 11) is -0.322. The number of hydrogen-bond acceptors (Lipinski definition) is 4. The summed E-state index contributed by atoms with van der Waals surface area (Å²) >= 11 is 0. The van der Waals surface area contributed by atoms with E-state index in [4.69, 9.17) is 4.74 Å². The van der Waals surface area contributed by atoms with E-state index in [2.05, 4.69) is 0 Å². The molecule has 0 unspecified atom stereocenters. The fourth-order valence-corrected chi connectivity index (χ4v) is 4.50. The SMILES string of the molecule is COCCN(CC(=O)N(Cc1cccn1C)C1CC1)S(=O)(=O)c1ccccc1. The molecule has 0 N–H and O–H groups in total. The summed E-state index contributed by atoms with van der Waals surface area (Å²) < 4.78 is 34.4. The number of methoxy groups -OCH3 is 1. The average molecular weight is 406 g/mol. The van der Waals surface area contributed by atoms with E-state index >= 15 is 0 Å². The first-order valence-electron chi connectivity index (χ1n) is 9.37. The molecular formula is C20H27N3O4S. The number of nitrogens with zero attached hydrogens (tertiary/aromatic N) is 3. The summed E-state index contributed by atoms with van der Waals surface area (Å²) in [5, 5.41) is 0. The summed E-state index contributed by atoms with van der Waals surface area (Å²) in [6.45, 7) is 0.640. The molecule has 1 aromatic heterocycles. The summed E-state index contributed by atoms with van der Waals surface area (Å²) in [4.78, 5) is 15.1. The average Bonchev–Trinajstić information content (AvgIpc) is 3.45. The van der Waals surface area contributed by atoms with Gasteiger partial charge in [0.25, 0.3) is 0 Å². The number of aromatic nitrogens is 1. The third-order valence-electron chi connectivity index (χ3n) is 4.93. The number of carbonyl (C=O) groups excluding carboxylic acids is 1. The second-order valence-corrected chi connectivity index (χ2v) is 8.95. The molecule has 1 saturated carbocycles. The second-order valence-electron chi connectivity index (χ2n) is 7.01. The Morgan fingerprint density at radius 3 is 2.46 bits per heavy atom. The molecule has 152 valence electrons. The molecular weight excluding hydrogens is 378 g/mol. The van der Waals surface area contributed by atoms with Gasteiger partial charge in [-0.15, -0.1) is 0 Å². The second kappa shape index (κ2) is 8.89. The van der Waals surface area contributed by atoms with Crippen molar-refractivity contribution in [2.75, 3.05) is 26.8 Å². The molecule has 1 amide bonds. The highest BCUT2D eigenvalue weighted by molar-refractivity contribution is 7.89. The Labute approximate surface area is 166 Å². The highest BCUT2D eigenvalue weighted by Crippen LogP contribution is 2.29. The van der Waals surface area contributed by atoms with Crippen molar-refractivity contribution in [1.29, 1.82) is 0 Å². The number of sulfonamides is 1. The fraction of sp³-hybridized carbons (Fsp3) is 0.450. The van der Waals surface area contributed by atoms with Crippen molar-refractivity contribution in [2.24, 2.45) is 7.05 Å². The zero-order valence-corrected chi connectivity index (χ0v) is 17.1. The maximum absolute atomic E-state index is 13.1. The van der Waals surface area contributed by atoms with Crippen LogP contribution in [0, 0.1) is 0 Å². The first-order valence-corrected chi connectivity index (χ1v) is 10.8. The molecule has 8 heteroatoms. The van der Waals surface area contributed by atoms with Gasteiger partial charge in [-0.2, -0.15) is 4.31 Å². The minimum Gasteiger partial charge on any atom is -0.383 e. The van der Waals surface area contributed by atoms with Crippen LogP contribution in [-0.2, 0) is 33.1 Å². The quantitative estimate of drug-likeness (QED) is 0.605. The molecule has 2 aromatic rings. The van der Waals surface area contributed by atoms with Crippen molar-refractivity contribution in [3.63, 3.8) is 0 Å². The van der Waals surface area contributed by atoms with Crippen LogP contribution < -0.4 is 0 Å². The highest BCUT2D eigenvalue weighted by Gasteiger charge is 2.35. The molecule has 3 rings (SSSR count). The van der Waals surface area contributed by atoms with E-state index in [9.17, 15) is 13.2 Å². The number of aryl methyl sites for hydroxylation is 1. The normalized spacial score (nSPS) is 14.4. The number of amides is 1. The van der Waals surface area contributed by atoms with Gasteiger partial charge >= 0.3 is 0 Å². The molecule has 1 aromatic carbocycles. The van der Waals surface area contributed by atoms with E-state index in [0.717, 1.165) is 18.5 Å². The predicted molar refractivity (Wildman–Crippen MR) is 106 cm³/mol. The first kappa shape index (κ1) is 20.6. The van der Waals surface area contributed by atoms with Crippen molar-refractivity contribution in [3.05, 3.63) is 54.4 Å². The van der Waals surface area contributed by atoms with Crippen LogP contribution in [0.3, 0.4) is 0 Å². The zero-order valence-electron chi connectivity index (χ0n) is 16.3. The Morgan fingerprint density at radius 2 is 1.89 bits per heavy atom. The Kier molecular flexibility index (Phi) is 6.53. The number of carbonyl (C=O) groups is 1. The van der Waals surface area contributed by atoms with Crippen LogP contribution in [0.25, 0.3) is 0 Å². The molecule has 28 heavy (non-hydrogen) atoms. The first-order chi connectivity index (χ1) is 13.4. The van der Waals surface area contributed by atoms with Crippen LogP contribution in [0.5, 0.6) is 0 Å². The molecule has 0 bridgehead atoms. The van der Waals surface area contributed by atoms with Crippen LogP contribution in [0.4, 0.5) is 0 Å². The van der Waals surface area contributed by atoms with Crippen LogP contribution in [0.15, 0.2) is 53.6 Å². The topological polar surface area (TPSA) is 71.8 Å². The summed E-state index contributed by atoms with van der Waals surface area (Å²) in [6, 6.07) is 12.3. The van der Waals surface area contributed by atoms with Crippen LogP contribution in [-0.4, -0.2) is 60.9 Å². The molecule has 1 aliphatic carbocycles. The molecule has 1 fully saturated rings. The monoisotopic (exact) mass is 405 g/mol. The van der Waals surface area contributed by atoms with Crippen LogP contribution in [0.2, 0.25) is 0 Å². The lowest BCUT2D eigenvalue weighted by Gasteiger charge is -2.27. The van der Waals surface area contributed by atoms with Crippen molar-refractivity contribution in [1.82, 2.24) is 13.8 Å². The molecule has 0 aliphatic heterocycles. The minimum atomic E-state index is -3.78. The summed E-state index contributed by atoms with van der Waals surface area (Å²) in [6.07, 6.45) is 3.86. The number of benzene rings is 1. The smallest absolute Gasteiger partial charge is 0.243 e. The summed E-state index contributed by atoms with van der Waals surface area (Å²) in [5.74, 6) is -0.181. The van der Waals surface area contributed by atoms with Crippen molar-refractivity contribution >= 4 is 15.9 Å². The molecule has 0 radical (unpaired) electrons. The van der Waals surface area contributed by atoms with Gasteiger partial charge in [-0.3, -0.25) is 4.79 Å². The highest BCUT2D eigenvalue weighted by atomic mass is 32.2. The van der Waals surface area contributed by atoms with Crippen molar-refractivity contribution < 1.29 is 17.9 Å². The van der Waals surface area contributed by atoms with Gasteiger partial charge in [0, 0.05) is 38.6 Å². The predicted octanol–water partition coefficient (Wildman–Crippen LogP) is 1.85. The van der Waals surface area contributed by atoms with E-state index in [1.807, 2.05) is 29.9 Å². The number of hydrogen-bond donors (Lipinski definition) is 0. The Morgan fingerprint density at radius 1 is 1.18 bits per heavy atom. The van der Waals surface area contributed by atoms with Crippen LogP contribution in [0.1, 0.15) is 18.5 Å². The van der Waals surface area contributed by atoms with Crippen molar-refractivity contribution in [3.8, 4) is 0 Å². The molecule has 0 saturated heterocycles. The van der Waals surface area contributed by atoms with Gasteiger partial charge < -0.3 is 14.2 Å². The largest absolute Gasteiger partial charge is 0.383 e. The Bertz CT molecular complexity index is 891. The standard InChI is InChI=1S/C20H27N3O4S/c1-21-12-6-7-18(21)15-23(17-10-11-17)20(24)16-22(13-14-27-2)28(25,26)19-8-4-3-5-9-19/h3-9,12,17H,10-11,13-16H2,1-2H3. The third kappa shape index (κ3) is 4.81. The Hall–Kier alpha value is -2.16. The molecule has 7 nitrogen and oxygen atoms in total. The van der Waals surface area contributed by atoms with E-state index in [0.29, 0.717) is 6.54 Å². The molecule has 1 aliphatic rings. The zero-order chi connectivity index (χ0) is 20.1. The van der Waals surface area contributed by atoms with Gasteiger partial charge in [0.05, 0.1) is 24.6 Å². The lowest BCUT2D eigenvalue weighted by atomic mass is 10.3. The number of ether oxygens (including phenoxy) is 1. The maximum Gasteiger partial charge on any atom is 0.243 e. The van der Waals surface area contributed by atoms with E-state index in [1.54, 1.807) is 35.2 Å². The van der Waals surface area contributed by atoms with Gasteiger partial charge in [0.2, 0.25) is 15.9 Å². The van der Waals surface area contributed by atoms with Crippen LogP contribution >= 0.6 is 0 Å². The van der Waals surface area contributed by atoms with Gasteiger partial charge in [-0.1, -0.05) is 18.2 Å². The number of rotatable bonds is 10. The van der Waals surface area contributed by atoms with Gasteiger partial charge in [-0.05, 0) is 37.1 Å². The van der Waals surface area contributed by atoms with Gasteiger partial charge in [0.15, 0.2) is 0 Å². The third-order valence-corrected chi connectivity index (χ3v) is 6.79. The molecule has 0 spiro atoms. The van der Waals surface area contributed by atoms with E-state index in [1.165, 1.54) is 11.4 Å². The fourth-order valence-electron chi connectivity index (χ4n) is 3.10. The van der Waals surface area contributed by atoms with Crippen molar-refractivity contribution in [2.45, 2.75) is 30.3 Å². The Balaban J connectivity index is 1.79. The molecule has 0 atom stereocenters.